The Morgan fingerprint density at radius 3 is 2.50 bits per heavy atom. The van der Waals surface area contributed by atoms with E-state index in [1.165, 1.54) is 0 Å². The first-order valence-corrected chi connectivity index (χ1v) is 5.66. The van der Waals surface area contributed by atoms with Crippen molar-refractivity contribution in [2.45, 2.75) is 27.4 Å². The van der Waals surface area contributed by atoms with E-state index in [9.17, 15) is 0 Å². The van der Waals surface area contributed by atoms with E-state index in [0.29, 0.717) is 24.9 Å². The summed E-state index contributed by atoms with van der Waals surface area (Å²) in [5.41, 5.74) is 0.834. The van der Waals surface area contributed by atoms with Crippen molar-refractivity contribution in [1.29, 1.82) is 0 Å². The summed E-state index contributed by atoms with van der Waals surface area (Å²) in [6, 6.07) is 5.51. The molecule has 0 aliphatic heterocycles. The number of rotatable bonds is 6. The number of ether oxygens (including phenoxy) is 2. The van der Waals surface area contributed by atoms with E-state index in [4.69, 9.17) is 14.6 Å². The van der Waals surface area contributed by atoms with Crippen LogP contribution in [0.2, 0.25) is 0 Å². The second-order valence-corrected chi connectivity index (χ2v) is 4.08. The average Bonchev–Trinajstić information content (AvgIpc) is 2.27. The number of hydrogen-bond acceptors (Lipinski definition) is 3. The third-order valence-electron chi connectivity index (χ3n) is 2.06. The average molecular weight is 224 g/mol. The second-order valence-electron chi connectivity index (χ2n) is 4.08. The van der Waals surface area contributed by atoms with Crippen LogP contribution in [0.4, 0.5) is 0 Å². The van der Waals surface area contributed by atoms with Crippen LogP contribution in [0, 0.1) is 5.92 Å². The SMILES string of the molecule is CCOc1cc(CO)ccc1OCC(C)C. The maximum Gasteiger partial charge on any atom is 0.161 e. The Bertz CT molecular complexity index is 321. The van der Waals surface area contributed by atoms with Gasteiger partial charge in [0.05, 0.1) is 19.8 Å². The van der Waals surface area contributed by atoms with Gasteiger partial charge in [0, 0.05) is 0 Å². The quantitative estimate of drug-likeness (QED) is 0.807. The van der Waals surface area contributed by atoms with Gasteiger partial charge in [0.15, 0.2) is 11.5 Å². The molecule has 0 radical (unpaired) electrons. The lowest BCUT2D eigenvalue weighted by atomic mass is 10.2. The number of aliphatic hydroxyl groups excluding tert-OH is 1. The molecule has 0 heterocycles. The number of hydrogen-bond donors (Lipinski definition) is 1. The topological polar surface area (TPSA) is 38.7 Å². The van der Waals surface area contributed by atoms with Crippen LogP contribution in [0.5, 0.6) is 11.5 Å². The molecule has 0 amide bonds. The highest BCUT2D eigenvalue weighted by Crippen LogP contribution is 2.28. The molecule has 0 saturated heterocycles. The molecule has 0 aromatic heterocycles. The van der Waals surface area contributed by atoms with E-state index in [1.807, 2.05) is 25.1 Å². The van der Waals surface area contributed by atoms with Gasteiger partial charge >= 0.3 is 0 Å². The fraction of sp³-hybridized carbons (Fsp3) is 0.538. The molecule has 1 aromatic rings. The second kappa shape index (κ2) is 6.38. The molecule has 0 bridgehead atoms. The van der Waals surface area contributed by atoms with E-state index >= 15 is 0 Å². The predicted molar refractivity (Wildman–Crippen MR) is 63.9 cm³/mol. The molecule has 0 atom stereocenters. The van der Waals surface area contributed by atoms with Crippen molar-refractivity contribution in [3.63, 3.8) is 0 Å². The van der Waals surface area contributed by atoms with Crippen molar-refractivity contribution in [2.75, 3.05) is 13.2 Å². The molecular formula is C13H20O3. The normalized spacial score (nSPS) is 10.6. The monoisotopic (exact) mass is 224 g/mol. The summed E-state index contributed by atoms with van der Waals surface area (Å²) in [4.78, 5) is 0. The third-order valence-corrected chi connectivity index (χ3v) is 2.06. The van der Waals surface area contributed by atoms with Crippen molar-refractivity contribution in [3.8, 4) is 11.5 Å². The minimum absolute atomic E-state index is 0.0184. The van der Waals surface area contributed by atoms with Crippen LogP contribution < -0.4 is 9.47 Å². The molecule has 3 heteroatoms. The summed E-state index contributed by atoms with van der Waals surface area (Å²) in [6.07, 6.45) is 0. The number of aliphatic hydroxyl groups is 1. The molecule has 0 spiro atoms. The Balaban J connectivity index is 2.80. The Kier molecular flexibility index (Phi) is 5.12. The Hall–Kier alpha value is -1.22. The Labute approximate surface area is 97.0 Å². The van der Waals surface area contributed by atoms with Crippen LogP contribution in [0.3, 0.4) is 0 Å². The van der Waals surface area contributed by atoms with Gasteiger partial charge < -0.3 is 14.6 Å². The number of benzene rings is 1. The van der Waals surface area contributed by atoms with Gasteiger partial charge in [0.1, 0.15) is 0 Å². The summed E-state index contributed by atoms with van der Waals surface area (Å²) >= 11 is 0. The largest absolute Gasteiger partial charge is 0.490 e. The minimum Gasteiger partial charge on any atom is -0.490 e. The lowest BCUT2D eigenvalue weighted by Crippen LogP contribution is -2.06. The zero-order valence-corrected chi connectivity index (χ0v) is 10.2. The van der Waals surface area contributed by atoms with Gasteiger partial charge in [-0.2, -0.15) is 0 Å². The van der Waals surface area contributed by atoms with Crippen molar-refractivity contribution in [2.24, 2.45) is 5.92 Å². The van der Waals surface area contributed by atoms with Crippen molar-refractivity contribution in [1.82, 2.24) is 0 Å². The van der Waals surface area contributed by atoms with Crippen LogP contribution in [-0.2, 0) is 6.61 Å². The fourth-order valence-electron chi connectivity index (χ4n) is 1.29. The van der Waals surface area contributed by atoms with Gasteiger partial charge in [-0.15, -0.1) is 0 Å². The molecule has 16 heavy (non-hydrogen) atoms. The van der Waals surface area contributed by atoms with Gasteiger partial charge in [0.2, 0.25) is 0 Å². The fourth-order valence-corrected chi connectivity index (χ4v) is 1.29. The zero-order chi connectivity index (χ0) is 12.0. The van der Waals surface area contributed by atoms with Crippen LogP contribution >= 0.6 is 0 Å². The van der Waals surface area contributed by atoms with Gasteiger partial charge in [0.25, 0.3) is 0 Å². The Morgan fingerprint density at radius 2 is 1.94 bits per heavy atom. The van der Waals surface area contributed by atoms with Crippen molar-refractivity contribution >= 4 is 0 Å². The van der Waals surface area contributed by atoms with Crippen LogP contribution in [-0.4, -0.2) is 18.3 Å². The summed E-state index contributed by atoms with van der Waals surface area (Å²) in [6.45, 7) is 7.40. The lowest BCUT2D eigenvalue weighted by molar-refractivity contribution is 0.246. The van der Waals surface area contributed by atoms with E-state index in [-0.39, 0.29) is 6.61 Å². The minimum atomic E-state index is 0.0184. The van der Waals surface area contributed by atoms with Crippen LogP contribution in [0.1, 0.15) is 26.3 Å². The Morgan fingerprint density at radius 1 is 1.19 bits per heavy atom. The highest BCUT2D eigenvalue weighted by molar-refractivity contribution is 5.42. The molecule has 1 aromatic carbocycles. The molecule has 90 valence electrons. The molecule has 1 rings (SSSR count). The van der Waals surface area contributed by atoms with E-state index in [0.717, 1.165) is 11.3 Å². The molecule has 3 nitrogen and oxygen atoms in total. The first-order valence-electron chi connectivity index (χ1n) is 5.66. The van der Waals surface area contributed by atoms with Crippen LogP contribution in [0.15, 0.2) is 18.2 Å². The summed E-state index contributed by atoms with van der Waals surface area (Å²) in [5, 5.41) is 9.04. The molecule has 0 unspecified atom stereocenters. The maximum absolute atomic E-state index is 9.04. The van der Waals surface area contributed by atoms with E-state index in [2.05, 4.69) is 13.8 Å². The first kappa shape index (κ1) is 12.8. The molecule has 1 N–H and O–H groups in total. The van der Waals surface area contributed by atoms with E-state index in [1.54, 1.807) is 0 Å². The van der Waals surface area contributed by atoms with Crippen LogP contribution in [0.25, 0.3) is 0 Å². The summed E-state index contributed by atoms with van der Waals surface area (Å²) in [7, 11) is 0. The predicted octanol–water partition coefficient (Wildman–Crippen LogP) is 2.61. The zero-order valence-electron chi connectivity index (χ0n) is 10.2. The smallest absolute Gasteiger partial charge is 0.161 e. The molecule has 0 aliphatic carbocycles. The third kappa shape index (κ3) is 3.74. The lowest BCUT2D eigenvalue weighted by Gasteiger charge is -2.14. The van der Waals surface area contributed by atoms with Crippen molar-refractivity contribution < 1.29 is 14.6 Å². The van der Waals surface area contributed by atoms with E-state index < -0.39 is 0 Å². The standard InChI is InChI=1S/C13H20O3/c1-4-15-13-7-11(8-14)5-6-12(13)16-9-10(2)3/h5-7,10,14H,4,8-9H2,1-3H3. The van der Waals surface area contributed by atoms with Crippen molar-refractivity contribution in [3.05, 3.63) is 23.8 Å². The molecular weight excluding hydrogens is 204 g/mol. The highest BCUT2D eigenvalue weighted by Gasteiger charge is 2.06. The van der Waals surface area contributed by atoms with Gasteiger partial charge in [-0.1, -0.05) is 19.9 Å². The molecule has 0 saturated carbocycles. The maximum atomic E-state index is 9.04. The van der Waals surface area contributed by atoms with Gasteiger partial charge in [-0.3, -0.25) is 0 Å². The van der Waals surface area contributed by atoms with Gasteiger partial charge in [-0.05, 0) is 30.5 Å². The highest BCUT2D eigenvalue weighted by atomic mass is 16.5. The first-order chi connectivity index (χ1) is 7.67. The molecule has 0 aliphatic rings. The molecule has 0 fully saturated rings. The van der Waals surface area contributed by atoms with Gasteiger partial charge in [-0.25, -0.2) is 0 Å². The summed E-state index contributed by atoms with van der Waals surface area (Å²) in [5.74, 6) is 1.93. The summed E-state index contributed by atoms with van der Waals surface area (Å²) < 4.78 is 11.1.